The van der Waals surface area contributed by atoms with Crippen molar-refractivity contribution < 1.29 is 4.79 Å². The number of carbonyl (C=O) groups excluding carboxylic acids is 1. The van der Waals surface area contributed by atoms with Crippen molar-refractivity contribution in [3.8, 4) is 0 Å². The van der Waals surface area contributed by atoms with E-state index in [1.54, 1.807) is 11.3 Å². The van der Waals surface area contributed by atoms with Gasteiger partial charge in [-0.15, -0.1) is 17.9 Å². The fraction of sp³-hybridized carbons (Fsp3) is 0.500. The first-order chi connectivity index (χ1) is 7.66. The number of Topliss-reactive ketones (excluding diaryl/α,β-unsaturated/α-hetero) is 1. The van der Waals surface area contributed by atoms with Crippen molar-refractivity contribution in [3.63, 3.8) is 0 Å². The van der Waals surface area contributed by atoms with E-state index in [4.69, 9.17) is 0 Å². The van der Waals surface area contributed by atoms with Crippen LogP contribution in [0.15, 0.2) is 18.2 Å². The van der Waals surface area contributed by atoms with Gasteiger partial charge in [-0.2, -0.15) is 0 Å². The molecule has 2 rings (SSSR count). The van der Waals surface area contributed by atoms with Crippen LogP contribution in [0, 0.1) is 0 Å². The molecule has 0 unspecified atom stereocenters. The molecule has 1 aromatic rings. The Morgan fingerprint density at radius 2 is 2.12 bits per heavy atom. The summed E-state index contributed by atoms with van der Waals surface area (Å²) in [4.78, 5) is 14.4. The van der Waals surface area contributed by atoms with Gasteiger partial charge < -0.3 is 0 Å². The fourth-order valence-corrected chi connectivity index (χ4v) is 3.30. The standard InChI is InChI=1S/C14H18OS/c1-10(2)7-8-12(15)14-9-11-5-3-4-6-13(11)16-14/h9H,1,3-8H2,2H3. The van der Waals surface area contributed by atoms with Crippen LogP contribution in [-0.4, -0.2) is 5.78 Å². The van der Waals surface area contributed by atoms with E-state index in [2.05, 4.69) is 12.6 Å². The highest BCUT2D eigenvalue weighted by atomic mass is 32.1. The van der Waals surface area contributed by atoms with Crippen LogP contribution in [-0.2, 0) is 12.8 Å². The minimum Gasteiger partial charge on any atom is -0.293 e. The molecule has 0 N–H and O–H groups in total. The summed E-state index contributed by atoms with van der Waals surface area (Å²) in [6, 6.07) is 2.12. The summed E-state index contributed by atoms with van der Waals surface area (Å²) in [7, 11) is 0. The van der Waals surface area contributed by atoms with Crippen molar-refractivity contribution >= 4 is 17.1 Å². The smallest absolute Gasteiger partial charge is 0.173 e. The maximum Gasteiger partial charge on any atom is 0.173 e. The van der Waals surface area contributed by atoms with E-state index < -0.39 is 0 Å². The summed E-state index contributed by atoms with van der Waals surface area (Å²) in [5.74, 6) is 0.294. The van der Waals surface area contributed by atoms with E-state index in [0.29, 0.717) is 12.2 Å². The molecule has 1 aliphatic carbocycles. The molecule has 0 saturated heterocycles. The second-order valence-corrected chi connectivity index (χ2v) is 5.78. The Morgan fingerprint density at radius 1 is 1.38 bits per heavy atom. The molecule has 16 heavy (non-hydrogen) atoms. The molecule has 1 aliphatic rings. The number of hydrogen-bond donors (Lipinski definition) is 0. The SMILES string of the molecule is C=C(C)CCC(=O)c1cc2c(s1)CCCC2. The van der Waals surface area contributed by atoms with Crippen LogP contribution in [0.2, 0.25) is 0 Å². The normalized spacial score (nSPS) is 14.6. The number of aryl methyl sites for hydroxylation is 2. The number of carbonyl (C=O) groups is 1. The molecule has 2 heteroatoms. The second-order valence-electron chi connectivity index (χ2n) is 4.65. The third-order valence-corrected chi connectivity index (χ3v) is 4.33. The monoisotopic (exact) mass is 234 g/mol. The number of hydrogen-bond acceptors (Lipinski definition) is 2. The number of allylic oxidation sites excluding steroid dienone is 1. The van der Waals surface area contributed by atoms with E-state index in [9.17, 15) is 4.79 Å². The molecule has 1 nitrogen and oxygen atoms in total. The Bertz CT molecular complexity index is 391. The summed E-state index contributed by atoms with van der Waals surface area (Å²) in [5.41, 5.74) is 2.52. The molecule has 0 spiro atoms. The van der Waals surface area contributed by atoms with Crippen LogP contribution < -0.4 is 0 Å². The maximum atomic E-state index is 11.9. The average Bonchev–Trinajstić information content (AvgIpc) is 2.69. The fourth-order valence-electron chi connectivity index (χ4n) is 2.08. The summed E-state index contributed by atoms with van der Waals surface area (Å²) in [5, 5.41) is 0. The Morgan fingerprint density at radius 3 is 2.81 bits per heavy atom. The summed E-state index contributed by atoms with van der Waals surface area (Å²) < 4.78 is 0. The Hall–Kier alpha value is -0.890. The van der Waals surface area contributed by atoms with E-state index in [0.717, 1.165) is 16.9 Å². The van der Waals surface area contributed by atoms with Gasteiger partial charge in [0.15, 0.2) is 5.78 Å². The first-order valence-corrected chi connectivity index (χ1v) is 6.77. The van der Waals surface area contributed by atoms with E-state index >= 15 is 0 Å². The zero-order valence-electron chi connectivity index (χ0n) is 9.84. The van der Waals surface area contributed by atoms with Crippen LogP contribution in [0.4, 0.5) is 0 Å². The predicted molar refractivity (Wildman–Crippen MR) is 69.3 cm³/mol. The van der Waals surface area contributed by atoms with Crippen molar-refractivity contribution in [3.05, 3.63) is 33.5 Å². The molecule has 0 bridgehead atoms. The first-order valence-electron chi connectivity index (χ1n) is 5.96. The van der Waals surface area contributed by atoms with Gasteiger partial charge in [0.1, 0.15) is 0 Å². The van der Waals surface area contributed by atoms with Gasteiger partial charge in [0.25, 0.3) is 0 Å². The minimum atomic E-state index is 0.294. The predicted octanol–water partition coefficient (Wildman–Crippen LogP) is 4.17. The van der Waals surface area contributed by atoms with Gasteiger partial charge in [-0.05, 0) is 50.7 Å². The van der Waals surface area contributed by atoms with E-state index in [-0.39, 0.29) is 0 Å². The lowest BCUT2D eigenvalue weighted by atomic mass is 9.99. The van der Waals surface area contributed by atoms with Crippen molar-refractivity contribution in [1.82, 2.24) is 0 Å². The van der Waals surface area contributed by atoms with Crippen LogP contribution >= 0.6 is 11.3 Å². The van der Waals surface area contributed by atoms with Gasteiger partial charge in [-0.25, -0.2) is 0 Å². The zero-order chi connectivity index (χ0) is 11.5. The van der Waals surface area contributed by atoms with Crippen LogP contribution in [0.1, 0.15) is 52.7 Å². The van der Waals surface area contributed by atoms with Crippen molar-refractivity contribution in [2.45, 2.75) is 45.4 Å². The summed E-state index contributed by atoms with van der Waals surface area (Å²) in [6.45, 7) is 5.82. The molecule has 1 heterocycles. The highest BCUT2D eigenvalue weighted by Crippen LogP contribution is 2.30. The highest BCUT2D eigenvalue weighted by Gasteiger charge is 2.16. The van der Waals surface area contributed by atoms with E-state index in [1.165, 1.54) is 36.1 Å². The van der Waals surface area contributed by atoms with Gasteiger partial charge in [-0.3, -0.25) is 4.79 Å². The third-order valence-electron chi connectivity index (χ3n) is 3.05. The quantitative estimate of drug-likeness (QED) is 0.564. The lowest BCUT2D eigenvalue weighted by Crippen LogP contribution is -1.97. The maximum absolute atomic E-state index is 11.9. The molecule has 0 radical (unpaired) electrons. The third kappa shape index (κ3) is 2.62. The van der Waals surface area contributed by atoms with Crippen molar-refractivity contribution in [2.24, 2.45) is 0 Å². The summed E-state index contributed by atoms with van der Waals surface area (Å²) in [6.07, 6.45) is 6.35. The first kappa shape index (κ1) is 11.6. The summed E-state index contributed by atoms with van der Waals surface area (Å²) >= 11 is 1.72. The number of ketones is 1. The Balaban J connectivity index is 2.06. The topological polar surface area (TPSA) is 17.1 Å². The molecule has 0 aromatic carbocycles. The van der Waals surface area contributed by atoms with Crippen LogP contribution in [0.5, 0.6) is 0 Å². The molecule has 1 aromatic heterocycles. The lowest BCUT2D eigenvalue weighted by Gasteiger charge is -2.08. The van der Waals surface area contributed by atoms with E-state index in [1.807, 2.05) is 6.92 Å². The van der Waals surface area contributed by atoms with Gasteiger partial charge in [-0.1, -0.05) is 5.57 Å². The van der Waals surface area contributed by atoms with Gasteiger partial charge >= 0.3 is 0 Å². The zero-order valence-corrected chi connectivity index (χ0v) is 10.7. The molecule has 0 amide bonds. The second kappa shape index (κ2) is 4.96. The largest absolute Gasteiger partial charge is 0.293 e. The van der Waals surface area contributed by atoms with Gasteiger partial charge in [0.05, 0.1) is 4.88 Å². The Kier molecular flexibility index (Phi) is 3.59. The average molecular weight is 234 g/mol. The van der Waals surface area contributed by atoms with Crippen LogP contribution in [0.25, 0.3) is 0 Å². The van der Waals surface area contributed by atoms with Crippen LogP contribution in [0.3, 0.4) is 0 Å². The van der Waals surface area contributed by atoms with Crippen molar-refractivity contribution in [1.29, 1.82) is 0 Å². The van der Waals surface area contributed by atoms with Gasteiger partial charge in [0, 0.05) is 11.3 Å². The molecule has 0 fully saturated rings. The number of thiophene rings is 1. The number of fused-ring (bicyclic) bond motifs is 1. The molecule has 86 valence electrons. The molecular formula is C14H18OS. The van der Waals surface area contributed by atoms with Gasteiger partial charge in [0.2, 0.25) is 0 Å². The number of rotatable bonds is 4. The Labute approximate surface area is 101 Å². The molecule has 0 aliphatic heterocycles. The highest BCUT2D eigenvalue weighted by molar-refractivity contribution is 7.14. The van der Waals surface area contributed by atoms with Crippen molar-refractivity contribution in [2.75, 3.05) is 0 Å². The minimum absolute atomic E-state index is 0.294. The molecule has 0 atom stereocenters. The lowest BCUT2D eigenvalue weighted by molar-refractivity contribution is 0.0986. The molecular weight excluding hydrogens is 216 g/mol. The molecule has 0 saturated carbocycles.